The Bertz CT molecular complexity index is 797. The van der Waals surface area contributed by atoms with Crippen LogP contribution in [0.4, 0.5) is 8.78 Å². The number of phenolic OH excluding ortho intramolecular Hbond substituents is 1. The summed E-state index contributed by atoms with van der Waals surface area (Å²) in [6, 6.07) is 8.36. The van der Waals surface area contributed by atoms with Crippen molar-refractivity contribution < 1.29 is 18.4 Å². The quantitative estimate of drug-likeness (QED) is 0.752. The number of hydrogen-bond acceptors (Lipinski definition) is 4. The minimum Gasteiger partial charge on any atom is -0.508 e. The van der Waals surface area contributed by atoms with Crippen LogP contribution in [0.5, 0.6) is 5.75 Å². The molecule has 0 fully saturated rings. The predicted octanol–water partition coefficient (Wildman–Crippen LogP) is 4.15. The summed E-state index contributed by atoms with van der Waals surface area (Å²) >= 11 is 3.00. The van der Waals surface area contributed by atoms with Gasteiger partial charge in [0.2, 0.25) is 5.82 Å². The average Bonchev–Trinajstić information content (AvgIpc) is 2.87. The third kappa shape index (κ3) is 2.64. The molecule has 3 aromatic rings. The summed E-state index contributed by atoms with van der Waals surface area (Å²) < 4.78 is 32.9. The molecule has 0 bridgehead atoms. The van der Waals surface area contributed by atoms with E-state index in [9.17, 15) is 13.9 Å². The number of aromatic hydroxyl groups is 1. The van der Waals surface area contributed by atoms with Crippen molar-refractivity contribution in [1.82, 2.24) is 10.1 Å². The second-order valence-electron chi connectivity index (χ2n) is 4.22. The Hall–Kier alpha value is -2.28. The number of rotatable bonds is 2. The van der Waals surface area contributed by atoms with Crippen molar-refractivity contribution in [2.24, 2.45) is 0 Å². The molecular formula is C14H7BrF2N2O2. The number of benzene rings is 2. The molecular weight excluding hydrogens is 346 g/mol. The minimum atomic E-state index is -0.812. The topological polar surface area (TPSA) is 59.2 Å². The van der Waals surface area contributed by atoms with Gasteiger partial charge in [-0.2, -0.15) is 4.98 Å². The molecule has 0 aliphatic rings. The van der Waals surface area contributed by atoms with E-state index < -0.39 is 17.2 Å². The van der Waals surface area contributed by atoms with E-state index in [2.05, 4.69) is 26.1 Å². The van der Waals surface area contributed by atoms with Gasteiger partial charge in [0.15, 0.2) is 0 Å². The Morgan fingerprint density at radius 3 is 2.48 bits per heavy atom. The van der Waals surface area contributed by atoms with Crippen LogP contribution in [0, 0.1) is 11.6 Å². The van der Waals surface area contributed by atoms with E-state index >= 15 is 0 Å². The van der Waals surface area contributed by atoms with Crippen LogP contribution < -0.4 is 0 Å². The van der Waals surface area contributed by atoms with Crippen molar-refractivity contribution in [2.45, 2.75) is 0 Å². The van der Waals surface area contributed by atoms with Gasteiger partial charge < -0.3 is 9.63 Å². The Morgan fingerprint density at radius 1 is 1.10 bits per heavy atom. The van der Waals surface area contributed by atoms with Crippen LogP contribution in [-0.2, 0) is 0 Å². The average molecular weight is 353 g/mol. The Labute approximate surface area is 126 Å². The lowest BCUT2D eigenvalue weighted by Crippen LogP contribution is -1.91. The SMILES string of the molecule is Oc1cccc(-c2noc(-c3c(F)cc(Br)cc3F)n2)c1. The molecule has 2 aromatic carbocycles. The fourth-order valence-corrected chi connectivity index (χ4v) is 2.24. The lowest BCUT2D eigenvalue weighted by atomic mass is 10.2. The molecule has 0 unspecified atom stereocenters. The molecule has 1 aromatic heterocycles. The monoisotopic (exact) mass is 352 g/mol. The van der Waals surface area contributed by atoms with E-state index in [0.717, 1.165) is 12.1 Å². The van der Waals surface area contributed by atoms with Gasteiger partial charge in [-0.3, -0.25) is 0 Å². The molecule has 7 heteroatoms. The van der Waals surface area contributed by atoms with E-state index in [1.54, 1.807) is 12.1 Å². The summed E-state index contributed by atoms with van der Waals surface area (Å²) in [5.74, 6) is -1.74. The normalized spacial score (nSPS) is 10.8. The molecule has 0 saturated heterocycles. The number of nitrogens with zero attached hydrogens (tertiary/aromatic N) is 2. The van der Waals surface area contributed by atoms with Gasteiger partial charge >= 0.3 is 0 Å². The van der Waals surface area contributed by atoms with Crippen LogP contribution >= 0.6 is 15.9 Å². The largest absolute Gasteiger partial charge is 0.508 e. The minimum absolute atomic E-state index is 0.0276. The van der Waals surface area contributed by atoms with Gasteiger partial charge in [0.25, 0.3) is 5.89 Å². The smallest absolute Gasteiger partial charge is 0.264 e. The van der Waals surface area contributed by atoms with Gasteiger partial charge in [-0.25, -0.2) is 8.78 Å². The highest BCUT2D eigenvalue weighted by Crippen LogP contribution is 2.29. The van der Waals surface area contributed by atoms with Gasteiger partial charge in [0.1, 0.15) is 22.9 Å². The van der Waals surface area contributed by atoms with Crippen LogP contribution in [0.15, 0.2) is 45.4 Å². The third-order valence-electron chi connectivity index (χ3n) is 2.75. The standard InChI is InChI=1S/C14H7BrF2N2O2/c15-8-5-10(16)12(11(17)6-8)14-18-13(19-21-14)7-2-1-3-9(20)4-7/h1-6,20H. The molecule has 106 valence electrons. The number of halogens is 3. The second-order valence-corrected chi connectivity index (χ2v) is 5.13. The van der Waals surface area contributed by atoms with Crippen molar-refractivity contribution in [3.05, 3.63) is 52.5 Å². The summed E-state index contributed by atoms with van der Waals surface area (Å²) in [4.78, 5) is 3.96. The van der Waals surface area contributed by atoms with Crippen molar-refractivity contribution in [3.63, 3.8) is 0 Å². The number of aromatic nitrogens is 2. The van der Waals surface area contributed by atoms with Crippen LogP contribution in [0.3, 0.4) is 0 Å². The van der Waals surface area contributed by atoms with Crippen molar-refractivity contribution in [3.8, 4) is 28.6 Å². The lowest BCUT2D eigenvalue weighted by molar-refractivity contribution is 0.426. The van der Waals surface area contributed by atoms with Gasteiger partial charge in [0, 0.05) is 10.0 Å². The molecule has 0 amide bonds. The maximum atomic E-state index is 13.8. The number of phenols is 1. The molecule has 21 heavy (non-hydrogen) atoms. The second kappa shape index (κ2) is 5.25. The van der Waals surface area contributed by atoms with Gasteiger partial charge in [-0.15, -0.1) is 0 Å². The summed E-state index contributed by atoms with van der Waals surface area (Å²) in [5, 5.41) is 13.1. The highest BCUT2D eigenvalue weighted by Gasteiger charge is 2.19. The molecule has 3 rings (SSSR count). The van der Waals surface area contributed by atoms with Crippen LogP contribution in [0.1, 0.15) is 0 Å². The van der Waals surface area contributed by atoms with E-state index in [1.807, 2.05) is 0 Å². The van der Waals surface area contributed by atoms with Crippen molar-refractivity contribution >= 4 is 15.9 Å². The maximum absolute atomic E-state index is 13.8. The maximum Gasteiger partial charge on any atom is 0.264 e. The van der Waals surface area contributed by atoms with Gasteiger partial charge in [-0.1, -0.05) is 33.2 Å². The molecule has 1 heterocycles. The first-order valence-electron chi connectivity index (χ1n) is 5.82. The zero-order chi connectivity index (χ0) is 15.0. The fourth-order valence-electron chi connectivity index (χ4n) is 1.83. The van der Waals surface area contributed by atoms with Crippen LogP contribution in [-0.4, -0.2) is 15.2 Å². The first-order valence-corrected chi connectivity index (χ1v) is 6.62. The molecule has 0 atom stereocenters. The van der Waals surface area contributed by atoms with Crippen LogP contribution in [0.25, 0.3) is 22.8 Å². The molecule has 0 aliphatic carbocycles. The highest BCUT2D eigenvalue weighted by atomic mass is 79.9. The van der Waals surface area contributed by atoms with E-state index in [0.29, 0.717) is 5.56 Å². The predicted molar refractivity (Wildman–Crippen MR) is 74.5 cm³/mol. The number of hydrogen-bond donors (Lipinski definition) is 1. The van der Waals surface area contributed by atoms with E-state index in [-0.39, 0.29) is 21.9 Å². The summed E-state index contributed by atoms with van der Waals surface area (Å²) in [6.07, 6.45) is 0. The van der Waals surface area contributed by atoms with E-state index in [4.69, 9.17) is 4.52 Å². The Morgan fingerprint density at radius 2 is 1.81 bits per heavy atom. The summed E-state index contributed by atoms with van der Waals surface area (Å²) in [6.45, 7) is 0. The van der Waals surface area contributed by atoms with E-state index in [1.165, 1.54) is 12.1 Å². The zero-order valence-corrected chi connectivity index (χ0v) is 11.9. The third-order valence-corrected chi connectivity index (χ3v) is 3.21. The first-order chi connectivity index (χ1) is 10.0. The molecule has 0 radical (unpaired) electrons. The van der Waals surface area contributed by atoms with Gasteiger partial charge in [-0.05, 0) is 24.3 Å². The molecule has 4 nitrogen and oxygen atoms in total. The van der Waals surface area contributed by atoms with Crippen molar-refractivity contribution in [2.75, 3.05) is 0 Å². The molecule has 1 N–H and O–H groups in total. The summed E-state index contributed by atoms with van der Waals surface area (Å²) in [7, 11) is 0. The lowest BCUT2D eigenvalue weighted by Gasteiger charge is -2.00. The Kier molecular flexibility index (Phi) is 3.42. The Balaban J connectivity index is 2.07. The fraction of sp³-hybridized carbons (Fsp3) is 0. The van der Waals surface area contributed by atoms with Crippen molar-refractivity contribution in [1.29, 1.82) is 0 Å². The van der Waals surface area contributed by atoms with Gasteiger partial charge in [0.05, 0.1) is 0 Å². The molecule has 0 saturated carbocycles. The van der Waals surface area contributed by atoms with Crippen LogP contribution in [0.2, 0.25) is 0 Å². The molecule has 0 aliphatic heterocycles. The highest BCUT2D eigenvalue weighted by molar-refractivity contribution is 9.10. The zero-order valence-electron chi connectivity index (χ0n) is 10.3. The summed E-state index contributed by atoms with van der Waals surface area (Å²) in [5.41, 5.74) is 0.0834. The molecule has 0 spiro atoms. The first kappa shape index (κ1) is 13.7.